The number of aliphatic hydroxyl groups excluding tert-OH is 4. The Balaban J connectivity index is 0.000000199. The number of imidazole rings is 3. The first-order valence-corrected chi connectivity index (χ1v) is 24.3. The lowest BCUT2D eigenvalue weighted by molar-refractivity contribution is 0.0942. The van der Waals surface area contributed by atoms with E-state index in [1.807, 2.05) is 72.3 Å². The van der Waals surface area contributed by atoms with Gasteiger partial charge in [-0.3, -0.25) is 9.59 Å². The molecule has 21 heteroatoms. The number of ether oxygens (including phenoxy) is 2. The van der Waals surface area contributed by atoms with Crippen molar-refractivity contribution in [2.45, 2.75) is 45.9 Å². The Bertz CT molecular complexity index is 3360. The second-order valence-electron chi connectivity index (χ2n) is 17.1. The minimum atomic E-state index is -0.830. The van der Waals surface area contributed by atoms with Crippen molar-refractivity contribution in [3.05, 3.63) is 149 Å². The van der Waals surface area contributed by atoms with Gasteiger partial charge in [-0.2, -0.15) is 0 Å². The molecule has 0 aliphatic carbocycles. The molecule has 1 atom stereocenters. The highest BCUT2D eigenvalue weighted by Crippen LogP contribution is 2.35. The number of primary amides is 2. The van der Waals surface area contributed by atoms with E-state index < -0.39 is 17.9 Å². The number of aromatic nitrogens is 8. The van der Waals surface area contributed by atoms with E-state index in [0.29, 0.717) is 76.4 Å². The maximum absolute atomic E-state index is 12.4. The highest BCUT2D eigenvalue weighted by atomic mass is 16.5. The van der Waals surface area contributed by atoms with Gasteiger partial charge in [-0.15, -0.1) is 0 Å². The summed E-state index contributed by atoms with van der Waals surface area (Å²) in [6.07, 6.45) is 8.99. The number of nitrogens with one attached hydrogen (secondary N) is 5. The van der Waals surface area contributed by atoms with Crippen LogP contribution in [0.4, 0.5) is 22.7 Å². The molecule has 5 heterocycles. The van der Waals surface area contributed by atoms with Gasteiger partial charge in [0.25, 0.3) is 11.8 Å². The number of hydrogen-bond donors (Lipinski definition) is 11. The van der Waals surface area contributed by atoms with E-state index >= 15 is 0 Å². The summed E-state index contributed by atoms with van der Waals surface area (Å²) in [5.41, 5.74) is 22.5. The van der Waals surface area contributed by atoms with Crippen molar-refractivity contribution >= 4 is 56.9 Å². The molecule has 0 aliphatic rings. The van der Waals surface area contributed by atoms with Crippen LogP contribution in [0.1, 0.15) is 56.8 Å². The van der Waals surface area contributed by atoms with E-state index in [-0.39, 0.29) is 50.7 Å². The lowest BCUT2D eigenvalue weighted by atomic mass is 10.0. The summed E-state index contributed by atoms with van der Waals surface area (Å²) in [6.45, 7) is 5.57. The fraction of sp³-hybridized carbons (Fsp3) is 0.241. The summed E-state index contributed by atoms with van der Waals surface area (Å²) in [7, 11) is 0. The number of hydrogen-bond acceptors (Lipinski definition) is 16. The Hall–Kier alpha value is -8.73. The fourth-order valence-corrected chi connectivity index (χ4v) is 8.50. The molecule has 0 bridgehead atoms. The summed E-state index contributed by atoms with van der Waals surface area (Å²) < 4.78 is 12.9. The van der Waals surface area contributed by atoms with Crippen LogP contribution in [0.2, 0.25) is 0 Å². The molecule has 0 aliphatic heterocycles. The molecule has 13 N–H and O–H groups in total. The zero-order valence-corrected chi connectivity index (χ0v) is 41.4. The van der Waals surface area contributed by atoms with Crippen molar-refractivity contribution in [1.82, 2.24) is 44.8 Å². The number of carbonyl (C=O) groups is 2. The molecular weight excluding hydrogens is 959 g/mol. The fourth-order valence-electron chi connectivity index (χ4n) is 8.50. The third kappa shape index (κ3) is 12.6. The maximum atomic E-state index is 12.4. The van der Waals surface area contributed by atoms with Gasteiger partial charge in [0.1, 0.15) is 47.4 Å². The largest absolute Gasteiger partial charge is 0.491 e. The van der Waals surface area contributed by atoms with Crippen LogP contribution in [0, 0.1) is 0 Å². The number of aliphatic hydroxyl groups is 4. The Kier molecular flexibility index (Phi) is 17.4. The van der Waals surface area contributed by atoms with E-state index in [1.165, 1.54) is 12.4 Å². The van der Waals surface area contributed by atoms with Gasteiger partial charge in [-0.05, 0) is 95.8 Å². The number of anilines is 4. The molecule has 0 saturated heterocycles. The van der Waals surface area contributed by atoms with Crippen LogP contribution in [0.25, 0.3) is 45.1 Å². The number of carbonyl (C=O) groups excluding carboxylic acids is 2. The van der Waals surface area contributed by atoms with Gasteiger partial charge in [0.2, 0.25) is 0 Å². The van der Waals surface area contributed by atoms with Gasteiger partial charge in [0.15, 0.2) is 11.3 Å². The highest BCUT2D eigenvalue weighted by Gasteiger charge is 2.21. The lowest BCUT2D eigenvalue weighted by Gasteiger charge is -2.18. The van der Waals surface area contributed by atoms with Crippen LogP contribution < -0.4 is 36.9 Å². The second kappa shape index (κ2) is 24.8. The molecule has 5 aromatic heterocycles. The number of fused-ring (bicyclic) bond motifs is 2. The van der Waals surface area contributed by atoms with E-state index in [9.17, 15) is 14.7 Å². The molecule has 0 spiro atoms. The number of H-pyrrole nitrogens is 2. The minimum Gasteiger partial charge on any atom is -0.491 e. The molecule has 0 saturated carbocycles. The summed E-state index contributed by atoms with van der Waals surface area (Å²) in [6, 6.07) is 26.4. The Morgan fingerprint density at radius 2 is 1.19 bits per heavy atom. The number of aromatic amines is 2. The first-order valence-electron chi connectivity index (χ1n) is 24.3. The van der Waals surface area contributed by atoms with E-state index in [4.69, 9.17) is 36.3 Å². The standard InChI is InChI=1S/C27H27N7O3.C27H32N6O5/c1-2-20-18(15-34-11-10-29-16-34)4-3-5-22(20)31-23-21(25(28)36)14-30-27-24(23)32-26(33-27)17-6-8-19(9-7-17)37-13-12-35;1-2-20-17(12-29-13-18(36)15-35)4-3-5-22(20)31-23-21(25(28)37)14-30-27-24(23)32-26(33-27)16-6-8-19(9-7-16)38-11-10-34/h3-11,14,16,35H,2,12-13,15H2,1H3,(H2,28,36)(H2,30,31,32,33);3-9,14,18,29,34-36H,2,10-13,15H2,1H3,(H2,28,37)(H2,30,31,32,33). The van der Waals surface area contributed by atoms with Gasteiger partial charge in [0.05, 0.1) is 54.8 Å². The zero-order chi connectivity index (χ0) is 52.8. The first kappa shape index (κ1) is 52.6. The van der Waals surface area contributed by atoms with Gasteiger partial charge in [-0.1, -0.05) is 38.1 Å². The molecule has 0 fully saturated rings. The van der Waals surface area contributed by atoms with E-state index in [2.05, 4.69) is 63.8 Å². The third-order valence-corrected chi connectivity index (χ3v) is 12.1. The molecule has 2 amide bonds. The van der Waals surface area contributed by atoms with Crippen LogP contribution in [0.3, 0.4) is 0 Å². The van der Waals surface area contributed by atoms with Gasteiger partial charge in [-0.25, -0.2) is 24.9 Å². The number of pyridine rings is 2. The third-order valence-electron chi connectivity index (χ3n) is 12.1. The first-order chi connectivity index (χ1) is 36.5. The molecule has 9 aromatic rings. The summed E-state index contributed by atoms with van der Waals surface area (Å²) >= 11 is 0. The summed E-state index contributed by atoms with van der Waals surface area (Å²) in [4.78, 5) is 53.4. The van der Waals surface area contributed by atoms with Crippen LogP contribution in [-0.2, 0) is 25.9 Å². The number of rotatable bonds is 23. The van der Waals surface area contributed by atoms with Crippen molar-refractivity contribution < 1.29 is 39.5 Å². The second-order valence-corrected chi connectivity index (χ2v) is 17.1. The quantitative estimate of drug-likeness (QED) is 0.0377. The zero-order valence-electron chi connectivity index (χ0n) is 41.4. The highest BCUT2D eigenvalue weighted by molar-refractivity contribution is 6.07. The van der Waals surface area contributed by atoms with Crippen LogP contribution >= 0.6 is 0 Å². The molecule has 4 aromatic carbocycles. The molecule has 0 radical (unpaired) electrons. The average Bonchev–Trinajstić information content (AvgIpc) is 4.24. The number of nitrogens with two attached hydrogens (primary N) is 2. The summed E-state index contributed by atoms with van der Waals surface area (Å²) in [5, 5.41) is 46.6. The molecule has 21 nitrogen and oxygen atoms in total. The lowest BCUT2D eigenvalue weighted by Crippen LogP contribution is -2.29. The molecular formula is C54H59N13O8. The van der Waals surface area contributed by atoms with Crippen LogP contribution in [0.15, 0.2) is 116 Å². The maximum Gasteiger partial charge on any atom is 0.252 e. The van der Waals surface area contributed by atoms with Crippen molar-refractivity contribution in [2.75, 3.05) is 50.2 Å². The molecule has 75 heavy (non-hydrogen) atoms. The minimum absolute atomic E-state index is 0.0544. The van der Waals surface area contributed by atoms with Crippen molar-refractivity contribution in [2.24, 2.45) is 11.5 Å². The van der Waals surface area contributed by atoms with Gasteiger partial charge < -0.3 is 71.9 Å². The van der Waals surface area contributed by atoms with E-state index in [1.54, 1.807) is 36.8 Å². The number of nitrogens with zero attached hydrogens (tertiary/aromatic N) is 6. The van der Waals surface area contributed by atoms with Gasteiger partial charge in [0, 0.05) is 66.9 Å². The van der Waals surface area contributed by atoms with Crippen molar-refractivity contribution in [1.29, 1.82) is 0 Å². The smallest absolute Gasteiger partial charge is 0.252 e. The Morgan fingerprint density at radius 3 is 1.63 bits per heavy atom. The summed E-state index contributed by atoms with van der Waals surface area (Å²) in [5.74, 6) is 1.20. The molecule has 388 valence electrons. The predicted octanol–water partition coefficient (Wildman–Crippen LogP) is 5.49. The molecule has 1 unspecified atom stereocenters. The van der Waals surface area contributed by atoms with Crippen LogP contribution in [-0.4, -0.2) is 117 Å². The normalized spacial score (nSPS) is 11.5. The van der Waals surface area contributed by atoms with Crippen molar-refractivity contribution in [3.8, 4) is 34.3 Å². The Labute approximate surface area is 431 Å². The monoisotopic (exact) mass is 1020 g/mol. The van der Waals surface area contributed by atoms with Gasteiger partial charge >= 0.3 is 0 Å². The Morgan fingerprint density at radius 1 is 0.693 bits per heavy atom. The molecule has 9 rings (SSSR count). The number of amides is 2. The van der Waals surface area contributed by atoms with Crippen LogP contribution in [0.5, 0.6) is 11.5 Å². The SMILES string of the molecule is CCc1c(CNCC(O)CO)cccc1Nc1c(C(N)=O)cnc2nc(-c3ccc(OCCO)cc3)[nH]c12.CCc1c(Cn2ccnc2)cccc1Nc1c(C(N)=O)cnc2nc(-c3ccc(OCCO)cc3)[nH]c12. The van der Waals surface area contributed by atoms with E-state index in [0.717, 1.165) is 51.2 Å². The predicted molar refractivity (Wildman–Crippen MR) is 285 cm³/mol. The number of benzene rings is 4. The van der Waals surface area contributed by atoms with Crippen molar-refractivity contribution in [3.63, 3.8) is 0 Å². The average molecular weight is 1020 g/mol. The topological polar surface area (TPSA) is 323 Å².